The molecule has 0 atom stereocenters. The Hall–Kier alpha value is 0.670. The van der Waals surface area contributed by atoms with Crippen LogP contribution >= 0.6 is 0 Å². The van der Waals surface area contributed by atoms with Gasteiger partial charge < -0.3 is 24.4 Å². The maximum absolute atomic E-state index is 8.74. The van der Waals surface area contributed by atoms with E-state index in [4.69, 9.17) is 41.9 Å². The third-order valence-corrected chi connectivity index (χ3v) is 6.13. The van der Waals surface area contributed by atoms with E-state index in [1.165, 1.54) is 128 Å². The van der Waals surface area contributed by atoms with Gasteiger partial charge in [0.2, 0.25) is 0 Å². The van der Waals surface area contributed by atoms with Crippen LogP contribution < -0.4 is 0 Å². The van der Waals surface area contributed by atoms with Crippen LogP contribution in [0.3, 0.4) is 0 Å². The van der Waals surface area contributed by atoms with Gasteiger partial charge in [-0.15, -0.1) is 0 Å². The molecule has 0 aliphatic rings. The number of rotatable bonds is 29. The van der Waals surface area contributed by atoms with Gasteiger partial charge >= 0.3 is 40.0 Å². The van der Waals surface area contributed by atoms with Crippen molar-refractivity contribution in [3.63, 3.8) is 0 Å². The Balaban J connectivity index is -0.000000352. The zero-order valence-electron chi connectivity index (χ0n) is 26.0. The van der Waals surface area contributed by atoms with Crippen molar-refractivity contribution in [1.29, 1.82) is 0 Å². The molecule has 0 bridgehead atoms. The predicted molar refractivity (Wildman–Crippen MR) is 172 cm³/mol. The fourth-order valence-corrected chi connectivity index (χ4v) is 3.94. The minimum atomic E-state index is -4.67. The van der Waals surface area contributed by atoms with Gasteiger partial charge in [0.15, 0.2) is 0 Å². The van der Waals surface area contributed by atoms with E-state index >= 15 is 0 Å². The molecule has 0 aromatic rings. The Bertz CT molecular complexity index is 488. The fourth-order valence-electron chi connectivity index (χ4n) is 3.94. The van der Waals surface area contributed by atoms with Gasteiger partial charge in [-0.1, -0.05) is 129 Å². The van der Waals surface area contributed by atoms with Gasteiger partial charge in [0.05, 0.1) is 39.6 Å². The number of unbranched alkanes of at least 4 members (excludes halogenated alkanes) is 18. The Morgan fingerprint density at radius 3 is 0.878 bits per heavy atom. The van der Waals surface area contributed by atoms with Crippen LogP contribution in [0.2, 0.25) is 0 Å². The van der Waals surface area contributed by atoms with Crippen LogP contribution in [0.4, 0.5) is 0 Å². The molecule has 0 rings (SSSR count). The summed E-state index contributed by atoms with van der Waals surface area (Å²) in [7, 11) is -4.67. The molecule has 0 saturated heterocycles. The van der Waals surface area contributed by atoms with Crippen LogP contribution in [-0.4, -0.2) is 110 Å². The second-order valence-electron chi connectivity index (χ2n) is 10.1. The number of hydrogen-bond acceptors (Lipinski definition) is 7. The topological polar surface area (TPSA) is 143 Å². The maximum atomic E-state index is 8.74. The average molecular weight is 627 g/mol. The first-order chi connectivity index (χ1) is 19.3. The first-order valence-corrected chi connectivity index (χ1v) is 17.4. The number of aliphatic hydroxyl groups is 2. The van der Waals surface area contributed by atoms with Crippen LogP contribution in [0.1, 0.15) is 142 Å². The quantitative estimate of drug-likeness (QED) is 0.0413. The molecule has 0 saturated carbocycles. The number of aliphatic hydroxyl groups excluding tert-OH is 2. The van der Waals surface area contributed by atoms with Gasteiger partial charge in [-0.3, -0.25) is 9.11 Å². The van der Waals surface area contributed by atoms with E-state index < -0.39 is 10.4 Å². The molecular weight excluding hydrogens is 559 g/mol. The van der Waals surface area contributed by atoms with Crippen molar-refractivity contribution in [2.45, 2.75) is 142 Å². The van der Waals surface area contributed by atoms with Crippen molar-refractivity contribution in [2.75, 3.05) is 52.9 Å². The van der Waals surface area contributed by atoms with Gasteiger partial charge in [0, 0.05) is 13.2 Å². The fraction of sp³-hybridized carbons (Fsp3) is 1.00. The summed E-state index contributed by atoms with van der Waals surface area (Å²) in [5, 5.41) is 16.5. The Morgan fingerprint density at radius 2 is 0.634 bits per heavy atom. The molecule has 41 heavy (non-hydrogen) atoms. The molecule has 0 heterocycles. The van der Waals surface area contributed by atoms with Crippen molar-refractivity contribution >= 4 is 40.0 Å². The second kappa shape index (κ2) is 45.1. The van der Waals surface area contributed by atoms with Crippen LogP contribution in [-0.2, 0) is 24.6 Å². The summed E-state index contributed by atoms with van der Waals surface area (Å²) in [5.41, 5.74) is 0. The molecule has 4 N–H and O–H groups in total. The standard InChI is InChI=1S/C24H50O.C6H14O4.Na.H2O4S.H/c1-3-5-7-9-11-13-15-17-19-21-23-25-24-22-20-18-16-14-12-10-8-6-4-2;7-1-3-9-5-6-10-4-2-8;;1-5(2,3)4;/h3-24H2,1-2H3;7-8H,1-6H2;;(H2,1,2,3,4);. The van der Waals surface area contributed by atoms with Gasteiger partial charge in [-0.05, 0) is 12.8 Å². The third kappa shape index (κ3) is 69.1. The van der Waals surface area contributed by atoms with Crippen molar-refractivity contribution in [1.82, 2.24) is 0 Å². The van der Waals surface area contributed by atoms with Crippen molar-refractivity contribution in [3.05, 3.63) is 0 Å². The molecule has 0 aliphatic carbocycles. The molecule has 0 aromatic carbocycles. The summed E-state index contributed by atoms with van der Waals surface area (Å²) in [6.45, 7) is 8.30. The molecule has 0 unspecified atom stereocenters. The molecule has 0 amide bonds. The van der Waals surface area contributed by atoms with Crippen molar-refractivity contribution < 1.29 is 41.9 Å². The Morgan fingerprint density at radius 1 is 0.415 bits per heavy atom. The summed E-state index contributed by atoms with van der Waals surface area (Å²) in [4.78, 5) is 0. The van der Waals surface area contributed by atoms with E-state index in [9.17, 15) is 0 Å². The van der Waals surface area contributed by atoms with Crippen LogP contribution in [0.25, 0.3) is 0 Å². The molecular formula is C30H67NaO9S. The third-order valence-electron chi connectivity index (χ3n) is 6.13. The van der Waals surface area contributed by atoms with Crippen molar-refractivity contribution in [3.8, 4) is 0 Å². The first kappa shape index (κ1) is 48.6. The molecule has 9 nitrogen and oxygen atoms in total. The van der Waals surface area contributed by atoms with E-state index in [2.05, 4.69) is 13.8 Å². The minimum absolute atomic E-state index is 0. The predicted octanol–water partition coefficient (Wildman–Crippen LogP) is 6.55. The van der Waals surface area contributed by atoms with Crippen LogP contribution in [0.5, 0.6) is 0 Å². The zero-order chi connectivity index (χ0) is 30.4. The summed E-state index contributed by atoms with van der Waals surface area (Å²) >= 11 is 0. The van der Waals surface area contributed by atoms with E-state index in [-0.39, 0.29) is 42.8 Å². The zero-order valence-corrected chi connectivity index (χ0v) is 26.9. The van der Waals surface area contributed by atoms with Gasteiger partial charge in [-0.25, -0.2) is 0 Å². The Kier molecular flexibility index (Phi) is 53.4. The van der Waals surface area contributed by atoms with Crippen LogP contribution in [0, 0.1) is 0 Å². The molecule has 248 valence electrons. The van der Waals surface area contributed by atoms with Gasteiger partial charge in [0.25, 0.3) is 0 Å². The first-order valence-electron chi connectivity index (χ1n) is 16.0. The van der Waals surface area contributed by atoms with Crippen LogP contribution in [0.15, 0.2) is 0 Å². The summed E-state index contributed by atoms with van der Waals surface area (Å²) in [6.07, 6.45) is 28.2. The number of hydrogen-bond donors (Lipinski definition) is 4. The molecule has 0 radical (unpaired) electrons. The Labute approximate surface area is 275 Å². The summed E-state index contributed by atoms with van der Waals surface area (Å²) < 4.78 is 47.1. The van der Waals surface area contributed by atoms with E-state index in [0.29, 0.717) is 26.4 Å². The molecule has 0 spiro atoms. The molecule has 0 aromatic heterocycles. The van der Waals surface area contributed by atoms with E-state index in [1.807, 2.05) is 0 Å². The van der Waals surface area contributed by atoms with E-state index in [1.54, 1.807) is 0 Å². The average Bonchev–Trinajstić information content (AvgIpc) is 2.91. The normalized spacial score (nSPS) is 10.8. The van der Waals surface area contributed by atoms with Crippen molar-refractivity contribution in [2.24, 2.45) is 0 Å². The second-order valence-corrected chi connectivity index (χ2v) is 11.0. The van der Waals surface area contributed by atoms with Gasteiger partial charge in [-0.2, -0.15) is 8.42 Å². The molecule has 0 aliphatic heterocycles. The monoisotopic (exact) mass is 626 g/mol. The molecule has 0 fully saturated rings. The summed E-state index contributed by atoms with van der Waals surface area (Å²) in [5.74, 6) is 0. The summed E-state index contributed by atoms with van der Waals surface area (Å²) in [6, 6.07) is 0. The van der Waals surface area contributed by atoms with Gasteiger partial charge in [0.1, 0.15) is 0 Å². The van der Waals surface area contributed by atoms with E-state index in [0.717, 1.165) is 13.2 Å². The molecule has 11 heteroatoms. The SMILES string of the molecule is CCCCCCCCCCCCOCCCCCCCCCCCC.O=S(=O)(O)O.OCCOCCOCCO.[NaH]. The number of ether oxygens (including phenoxy) is 3.